The van der Waals surface area contributed by atoms with Crippen molar-refractivity contribution in [1.82, 2.24) is 29.8 Å². The summed E-state index contributed by atoms with van der Waals surface area (Å²) in [5.41, 5.74) is 6.68. The van der Waals surface area contributed by atoms with E-state index in [0.29, 0.717) is 23.8 Å². The standard InChI is InChI=1S/C31H40N6O2/c1-21(2)18-37-20-28(17-33-37)26-13-24(12-25(14-26)27-16-32-36(7)19-27)23(4)34-31(38)30-15-29(9-8-22(30)3)39-11-10-35(5)6/h8-9,12-17,19-21,23H,10-11,18H2,1-7H3,(H,34,38)/t23-/m1/s1. The minimum Gasteiger partial charge on any atom is -0.492 e. The molecule has 2 heterocycles. The second-order valence-corrected chi connectivity index (χ2v) is 10.9. The Hall–Kier alpha value is -3.91. The van der Waals surface area contributed by atoms with Crippen LogP contribution in [0.1, 0.15) is 48.3 Å². The van der Waals surface area contributed by atoms with E-state index in [1.54, 1.807) is 4.68 Å². The summed E-state index contributed by atoms with van der Waals surface area (Å²) in [6.07, 6.45) is 7.85. The van der Waals surface area contributed by atoms with Crippen LogP contribution in [-0.2, 0) is 13.6 Å². The van der Waals surface area contributed by atoms with Crippen LogP contribution in [0.4, 0.5) is 0 Å². The predicted octanol–water partition coefficient (Wildman–Crippen LogP) is 5.35. The summed E-state index contributed by atoms with van der Waals surface area (Å²) in [7, 11) is 5.92. The predicted molar refractivity (Wildman–Crippen MR) is 156 cm³/mol. The number of carbonyl (C=O) groups is 1. The third kappa shape index (κ3) is 7.35. The molecule has 1 N–H and O–H groups in total. The maximum Gasteiger partial charge on any atom is 0.252 e. The van der Waals surface area contributed by atoms with Crippen LogP contribution in [0, 0.1) is 12.8 Å². The topological polar surface area (TPSA) is 77.2 Å². The summed E-state index contributed by atoms with van der Waals surface area (Å²) in [6, 6.07) is 11.9. The van der Waals surface area contributed by atoms with Gasteiger partial charge in [-0.15, -0.1) is 0 Å². The summed E-state index contributed by atoms with van der Waals surface area (Å²) >= 11 is 0. The maximum absolute atomic E-state index is 13.4. The van der Waals surface area contributed by atoms with Crippen molar-refractivity contribution in [3.63, 3.8) is 0 Å². The number of rotatable bonds is 11. The minimum absolute atomic E-state index is 0.129. The van der Waals surface area contributed by atoms with E-state index in [0.717, 1.165) is 46.5 Å². The number of amides is 1. The van der Waals surface area contributed by atoms with Crippen molar-refractivity contribution < 1.29 is 9.53 Å². The average Bonchev–Trinajstić information content (AvgIpc) is 3.53. The fourth-order valence-electron chi connectivity index (χ4n) is 4.43. The van der Waals surface area contributed by atoms with Crippen LogP contribution in [-0.4, -0.2) is 57.6 Å². The first-order chi connectivity index (χ1) is 18.6. The number of hydrogen-bond donors (Lipinski definition) is 1. The molecule has 4 aromatic rings. The van der Waals surface area contributed by atoms with Gasteiger partial charge in [-0.3, -0.25) is 14.2 Å². The number of ether oxygens (including phenoxy) is 1. The van der Waals surface area contributed by atoms with Crippen LogP contribution in [0.3, 0.4) is 0 Å². The molecule has 0 aliphatic rings. The van der Waals surface area contributed by atoms with Gasteiger partial charge in [0, 0.05) is 49.2 Å². The van der Waals surface area contributed by atoms with Crippen molar-refractivity contribution in [3.05, 3.63) is 77.9 Å². The number of benzene rings is 2. The van der Waals surface area contributed by atoms with Crippen LogP contribution >= 0.6 is 0 Å². The molecule has 4 rings (SSSR count). The Morgan fingerprint density at radius 3 is 2.31 bits per heavy atom. The van der Waals surface area contributed by atoms with Gasteiger partial charge in [0.05, 0.1) is 18.4 Å². The van der Waals surface area contributed by atoms with Crippen molar-refractivity contribution in [2.24, 2.45) is 13.0 Å². The van der Waals surface area contributed by atoms with Gasteiger partial charge in [0.25, 0.3) is 5.91 Å². The van der Waals surface area contributed by atoms with E-state index in [2.05, 4.69) is 58.7 Å². The van der Waals surface area contributed by atoms with Crippen molar-refractivity contribution >= 4 is 5.91 Å². The molecule has 39 heavy (non-hydrogen) atoms. The van der Waals surface area contributed by atoms with Crippen LogP contribution in [0.25, 0.3) is 22.3 Å². The molecule has 0 saturated carbocycles. The lowest BCUT2D eigenvalue weighted by Crippen LogP contribution is -2.27. The average molecular weight is 529 g/mol. The van der Waals surface area contributed by atoms with Gasteiger partial charge in [-0.05, 0) is 86.4 Å². The van der Waals surface area contributed by atoms with Gasteiger partial charge in [0.1, 0.15) is 12.4 Å². The highest BCUT2D eigenvalue weighted by Gasteiger charge is 2.17. The first-order valence-corrected chi connectivity index (χ1v) is 13.4. The lowest BCUT2D eigenvalue weighted by Gasteiger charge is -2.18. The second kappa shape index (κ2) is 12.3. The van der Waals surface area contributed by atoms with Crippen molar-refractivity contribution in [2.45, 2.75) is 40.3 Å². The van der Waals surface area contributed by atoms with E-state index in [4.69, 9.17) is 4.74 Å². The molecule has 2 aromatic heterocycles. The first kappa shape index (κ1) is 28.1. The number of nitrogens with one attached hydrogen (secondary N) is 1. The number of likely N-dealkylation sites (N-methyl/N-ethyl adjacent to an activating group) is 1. The van der Waals surface area contributed by atoms with Gasteiger partial charge < -0.3 is 15.0 Å². The third-order valence-electron chi connectivity index (χ3n) is 6.62. The largest absolute Gasteiger partial charge is 0.492 e. The quantitative estimate of drug-likeness (QED) is 0.284. The molecule has 0 fully saturated rings. The Kier molecular flexibility index (Phi) is 8.86. The van der Waals surface area contributed by atoms with Crippen LogP contribution in [0.2, 0.25) is 0 Å². The highest BCUT2D eigenvalue weighted by molar-refractivity contribution is 5.96. The molecule has 0 spiro atoms. The Balaban J connectivity index is 1.60. The molecule has 8 heteroatoms. The summed E-state index contributed by atoms with van der Waals surface area (Å²) in [5, 5.41) is 12.1. The molecule has 0 radical (unpaired) electrons. The third-order valence-corrected chi connectivity index (χ3v) is 6.62. The van der Waals surface area contributed by atoms with Crippen molar-refractivity contribution in [2.75, 3.05) is 27.2 Å². The normalized spacial score (nSPS) is 12.2. The monoisotopic (exact) mass is 528 g/mol. The maximum atomic E-state index is 13.4. The molecule has 2 aromatic carbocycles. The molecular formula is C31H40N6O2. The molecule has 1 atom stereocenters. The van der Waals surface area contributed by atoms with E-state index >= 15 is 0 Å². The highest BCUT2D eigenvalue weighted by atomic mass is 16.5. The SMILES string of the molecule is Cc1ccc(OCCN(C)C)cc1C(=O)N[C@H](C)c1cc(-c2cnn(C)c2)cc(-c2cnn(CC(C)C)c2)c1. The number of hydrogen-bond acceptors (Lipinski definition) is 5. The van der Waals surface area contributed by atoms with Crippen LogP contribution < -0.4 is 10.1 Å². The molecular weight excluding hydrogens is 488 g/mol. The van der Waals surface area contributed by atoms with Gasteiger partial charge in [-0.25, -0.2) is 0 Å². The molecule has 0 aliphatic heterocycles. The molecule has 0 unspecified atom stereocenters. The summed E-state index contributed by atoms with van der Waals surface area (Å²) in [6.45, 7) is 10.5. The summed E-state index contributed by atoms with van der Waals surface area (Å²) in [4.78, 5) is 15.5. The Labute approximate surface area is 231 Å². The summed E-state index contributed by atoms with van der Waals surface area (Å²) < 4.78 is 9.65. The molecule has 0 bridgehead atoms. The number of aromatic nitrogens is 4. The summed E-state index contributed by atoms with van der Waals surface area (Å²) in [5.74, 6) is 1.07. The first-order valence-electron chi connectivity index (χ1n) is 13.4. The zero-order chi connectivity index (χ0) is 28.1. The van der Waals surface area contributed by atoms with Gasteiger partial charge in [0.15, 0.2) is 0 Å². The fourth-order valence-corrected chi connectivity index (χ4v) is 4.43. The zero-order valence-electron chi connectivity index (χ0n) is 24.1. The smallest absolute Gasteiger partial charge is 0.252 e. The Morgan fingerprint density at radius 1 is 0.974 bits per heavy atom. The zero-order valence-corrected chi connectivity index (χ0v) is 24.1. The van der Waals surface area contributed by atoms with Gasteiger partial charge in [-0.1, -0.05) is 19.9 Å². The number of carbonyl (C=O) groups excluding carboxylic acids is 1. The Morgan fingerprint density at radius 2 is 1.67 bits per heavy atom. The highest BCUT2D eigenvalue weighted by Crippen LogP contribution is 2.31. The molecule has 206 valence electrons. The van der Waals surface area contributed by atoms with E-state index in [1.165, 1.54) is 0 Å². The molecule has 8 nitrogen and oxygen atoms in total. The fraction of sp³-hybridized carbons (Fsp3) is 0.387. The van der Waals surface area contributed by atoms with Gasteiger partial charge >= 0.3 is 0 Å². The molecule has 1 amide bonds. The van der Waals surface area contributed by atoms with Gasteiger partial charge in [0.2, 0.25) is 0 Å². The van der Waals surface area contributed by atoms with E-state index in [9.17, 15) is 4.79 Å². The van der Waals surface area contributed by atoms with E-state index in [-0.39, 0.29) is 11.9 Å². The van der Waals surface area contributed by atoms with E-state index in [1.807, 2.05) is 76.5 Å². The van der Waals surface area contributed by atoms with E-state index < -0.39 is 0 Å². The lowest BCUT2D eigenvalue weighted by atomic mass is 9.96. The van der Waals surface area contributed by atoms with Crippen molar-refractivity contribution in [3.8, 4) is 28.0 Å². The minimum atomic E-state index is -0.226. The number of nitrogens with zero attached hydrogens (tertiary/aromatic N) is 5. The number of aryl methyl sites for hydroxylation is 2. The van der Waals surface area contributed by atoms with Crippen LogP contribution in [0.15, 0.2) is 61.2 Å². The lowest BCUT2D eigenvalue weighted by molar-refractivity contribution is 0.0938. The van der Waals surface area contributed by atoms with Gasteiger partial charge in [-0.2, -0.15) is 10.2 Å². The molecule has 0 saturated heterocycles. The van der Waals surface area contributed by atoms with Crippen molar-refractivity contribution in [1.29, 1.82) is 0 Å². The second-order valence-electron chi connectivity index (χ2n) is 10.9. The Bertz CT molecular complexity index is 1420. The van der Waals surface area contributed by atoms with Crippen LogP contribution in [0.5, 0.6) is 5.75 Å². The molecule has 0 aliphatic carbocycles.